The second kappa shape index (κ2) is 8.99. The maximum atomic E-state index is 12.8. The minimum Gasteiger partial charge on any atom is -0.350 e. The Hall–Kier alpha value is -1.88. The summed E-state index contributed by atoms with van der Waals surface area (Å²) in [5, 5.41) is 5.96. The van der Waals surface area contributed by atoms with Crippen molar-refractivity contribution < 1.29 is 9.59 Å². The molecule has 5 heteroatoms. The minimum atomic E-state index is -0.732. The molecule has 2 rings (SSSR count). The molecule has 25 heavy (non-hydrogen) atoms. The summed E-state index contributed by atoms with van der Waals surface area (Å²) in [5.74, 6) is -0.194. The van der Waals surface area contributed by atoms with Gasteiger partial charge in [0.05, 0.1) is 0 Å². The summed E-state index contributed by atoms with van der Waals surface area (Å²) in [6.45, 7) is 6.01. The number of benzene rings is 1. The zero-order valence-corrected chi connectivity index (χ0v) is 15.7. The van der Waals surface area contributed by atoms with Crippen LogP contribution in [0.25, 0.3) is 0 Å². The van der Waals surface area contributed by atoms with Crippen molar-refractivity contribution in [2.75, 3.05) is 13.6 Å². The summed E-state index contributed by atoms with van der Waals surface area (Å²) in [5.41, 5.74) is 1.60. The van der Waals surface area contributed by atoms with E-state index in [4.69, 9.17) is 0 Å². The highest BCUT2D eigenvalue weighted by atomic mass is 16.2. The standard InChI is InChI=1S/C20H31N3O2/c1-4-23(3)15-18-10-8-9-17(13-18)14-21-19(25)20(22-16(2)24)11-6-5-7-12-20/h8-10,13H,4-7,11-12,14-15H2,1-3H3,(H,21,25)(H,22,24). The van der Waals surface area contributed by atoms with Gasteiger partial charge in [-0.1, -0.05) is 50.5 Å². The lowest BCUT2D eigenvalue weighted by molar-refractivity contribution is -0.134. The fourth-order valence-electron chi connectivity index (χ4n) is 3.51. The summed E-state index contributed by atoms with van der Waals surface area (Å²) in [4.78, 5) is 26.6. The molecule has 1 aromatic rings. The van der Waals surface area contributed by atoms with Gasteiger partial charge < -0.3 is 15.5 Å². The molecule has 1 aromatic carbocycles. The lowest BCUT2D eigenvalue weighted by atomic mass is 9.80. The zero-order chi connectivity index (χ0) is 18.3. The Morgan fingerprint density at radius 1 is 1.16 bits per heavy atom. The van der Waals surface area contributed by atoms with Crippen LogP contribution >= 0.6 is 0 Å². The molecular formula is C20H31N3O2. The van der Waals surface area contributed by atoms with Gasteiger partial charge >= 0.3 is 0 Å². The van der Waals surface area contributed by atoms with E-state index in [2.05, 4.69) is 41.6 Å². The number of amides is 2. The molecule has 1 saturated carbocycles. The topological polar surface area (TPSA) is 61.4 Å². The maximum Gasteiger partial charge on any atom is 0.246 e. The van der Waals surface area contributed by atoms with E-state index in [0.717, 1.165) is 50.8 Å². The van der Waals surface area contributed by atoms with Gasteiger partial charge in [0.1, 0.15) is 5.54 Å². The van der Waals surface area contributed by atoms with Gasteiger partial charge in [-0.2, -0.15) is 0 Å². The number of nitrogens with zero attached hydrogens (tertiary/aromatic N) is 1. The van der Waals surface area contributed by atoms with E-state index in [0.29, 0.717) is 6.54 Å². The third-order valence-corrected chi connectivity index (χ3v) is 4.99. The molecule has 1 aliphatic carbocycles. The second-order valence-corrected chi connectivity index (χ2v) is 7.16. The van der Waals surface area contributed by atoms with Gasteiger partial charge in [0.15, 0.2) is 0 Å². The van der Waals surface area contributed by atoms with Crippen LogP contribution in [0.1, 0.15) is 57.1 Å². The van der Waals surface area contributed by atoms with Crippen LogP contribution in [0, 0.1) is 0 Å². The van der Waals surface area contributed by atoms with Gasteiger partial charge in [-0.15, -0.1) is 0 Å². The summed E-state index contributed by atoms with van der Waals surface area (Å²) < 4.78 is 0. The van der Waals surface area contributed by atoms with E-state index >= 15 is 0 Å². The molecule has 0 spiro atoms. The Morgan fingerprint density at radius 3 is 2.48 bits per heavy atom. The monoisotopic (exact) mass is 345 g/mol. The normalized spacial score (nSPS) is 16.5. The van der Waals surface area contributed by atoms with Gasteiger partial charge in [0.25, 0.3) is 0 Å². The van der Waals surface area contributed by atoms with Crippen LogP contribution in [0.3, 0.4) is 0 Å². The number of rotatable bonds is 7. The number of hydrogen-bond acceptors (Lipinski definition) is 3. The van der Waals surface area contributed by atoms with Crippen molar-refractivity contribution in [3.63, 3.8) is 0 Å². The van der Waals surface area contributed by atoms with Crippen LogP contribution in [-0.2, 0) is 22.7 Å². The van der Waals surface area contributed by atoms with Crippen molar-refractivity contribution in [1.29, 1.82) is 0 Å². The van der Waals surface area contributed by atoms with Gasteiger partial charge in [0, 0.05) is 20.0 Å². The molecule has 0 unspecified atom stereocenters. The van der Waals surface area contributed by atoms with Gasteiger partial charge in [0.2, 0.25) is 11.8 Å². The molecule has 5 nitrogen and oxygen atoms in total. The fourth-order valence-corrected chi connectivity index (χ4v) is 3.51. The van der Waals surface area contributed by atoms with Crippen LogP contribution in [0.5, 0.6) is 0 Å². The number of hydrogen-bond donors (Lipinski definition) is 2. The Bertz CT molecular complexity index is 594. The Labute approximate surface area is 151 Å². The molecule has 2 amide bonds. The van der Waals surface area contributed by atoms with Crippen LogP contribution < -0.4 is 10.6 Å². The van der Waals surface area contributed by atoms with Crippen LogP contribution in [0.2, 0.25) is 0 Å². The largest absolute Gasteiger partial charge is 0.350 e. The number of nitrogens with one attached hydrogen (secondary N) is 2. The van der Waals surface area contributed by atoms with E-state index in [1.165, 1.54) is 12.5 Å². The lowest BCUT2D eigenvalue weighted by Gasteiger charge is -2.36. The first-order valence-corrected chi connectivity index (χ1v) is 9.28. The SMILES string of the molecule is CCN(C)Cc1cccc(CNC(=O)C2(NC(C)=O)CCCCC2)c1. The van der Waals surface area contributed by atoms with Crippen molar-refractivity contribution >= 4 is 11.8 Å². The molecule has 1 fully saturated rings. The molecule has 0 bridgehead atoms. The molecule has 0 radical (unpaired) electrons. The molecule has 0 atom stereocenters. The van der Waals surface area contributed by atoms with Crippen molar-refractivity contribution in [3.05, 3.63) is 35.4 Å². The average molecular weight is 345 g/mol. The first kappa shape index (κ1) is 19.4. The van der Waals surface area contributed by atoms with Crippen molar-refractivity contribution in [1.82, 2.24) is 15.5 Å². The molecule has 0 saturated heterocycles. The zero-order valence-electron chi connectivity index (χ0n) is 15.7. The summed E-state index contributed by atoms with van der Waals surface area (Å²) in [6, 6.07) is 8.31. The van der Waals surface area contributed by atoms with E-state index in [-0.39, 0.29) is 11.8 Å². The summed E-state index contributed by atoms with van der Waals surface area (Å²) in [6.07, 6.45) is 4.53. The Morgan fingerprint density at radius 2 is 1.84 bits per heavy atom. The van der Waals surface area contributed by atoms with E-state index < -0.39 is 5.54 Å². The van der Waals surface area contributed by atoms with Crippen molar-refractivity contribution in [3.8, 4) is 0 Å². The quantitative estimate of drug-likeness (QED) is 0.798. The van der Waals surface area contributed by atoms with Crippen molar-refractivity contribution in [2.45, 2.75) is 64.6 Å². The molecule has 0 aliphatic heterocycles. The summed E-state index contributed by atoms with van der Waals surface area (Å²) in [7, 11) is 2.09. The Kier molecular flexibility index (Phi) is 7.00. The van der Waals surface area contributed by atoms with Gasteiger partial charge in [-0.25, -0.2) is 0 Å². The van der Waals surface area contributed by atoms with Crippen molar-refractivity contribution in [2.24, 2.45) is 0 Å². The molecular weight excluding hydrogens is 314 g/mol. The van der Waals surface area contributed by atoms with E-state index in [9.17, 15) is 9.59 Å². The lowest BCUT2D eigenvalue weighted by Crippen LogP contribution is -2.59. The molecule has 0 aromatic heterocycles. The number of carbonyl (C=O) groups excluding carboxylic acids is 2. The smallest absolute Gasteiger partial charge is 0.246 e. The Balaban J connectivity index is 2.00. The third-order valence-electron chi connectivity index (χ3n) is 4.99. The second-order valence-electron chi connectivity index (χ2n) is 7.16. The highest BCUT2D eigenvalue weighted by Gasteiger charge is 2.39. The third kappa shape index (κ3) is 5.56. The average Bonchev–Trinajstić information content (AvgIpc) is 2.60. The highest BCUT2D eigenvalue weighted by molar-refractivity contribution is 5.91. The predicted octanol–water partition coefficient (Wildman–Crippen LogP) is 2.59. The van der Waals surface area contributed by atoms with E-state index in [1.54, 1.807) is 0 Å². The maximum absolute atomic E-state index is 12.8. The first-order valence-electron chi connectivity index (χ1n) is 9.28. The highest BCUT2D eigenvalue weighted by Crippen LogP contribution is 2.28. The van der Waals surface area contributed by atoms with Crippen LogP contribution in [0.15, 0.2) is 24.3 Å². The summed E-state index contributed by atoms with van der Waals surface area (Å²) >= 11 is 0. The number of carbonyl (C=O) groups is 2. The first-order chi connectivity index (χ1) is 11.9. The van der Waals surface area contributed by atoms with Gasteiger partial charge in [-0.05, 0) is 37.6 Å². The van der Waals surface area contributed by atoms with Crippen LogP contribution in [0.4, 0.5) is 0 Å². The van der Waals surface area contributed by atoms with Crippen LogP contribution in [-0.4, -0.2) is 35.8 Å². The van der Waals surface area contributed by atoms with Gasteiger partial charge in [-0.3, -0.25) is 9.59 Å². The molecule has 1 aliphatic rings. The molecule has 0 heterocycles. The predicted molar refractivity (Wildman–Crippen MR) is 99.9 cm³/mol. The molecule has 138 valence electrons. The molecule has 2 N–H and O–H groups in total. The minimum absolute atomic E-state index is 0.0570. The van der Waals surface area contributed by atoms with E-state index in [1.807, 2.05) is 12.1 Å². The fraction of sp³-hybridized carbons (Fsp3) is 0.600.